The van der Waals surface area contributed by atoms with Gasteiger partial charge in [0.15, 0.2) is 5.62 Å². The van der Waals surface area contributed by atoms with Crippen LogP contribution in [0.15, 0.2) is 36.4 Å². The van der Waals surface area contributed by atoms with Gasteiger partial charge < -0.3 is 55.6 Å². The van der Waals surface area contributed by atoms with E-state index in [1.54, 1.807) is 0 Å². The Morgan fingerprint density at radius 1 is 0.894 bits per heavy atom. The molecule has 3 aliphatic heterocycles. The highest BCUT2D eigenvalue weighted by atomic mass is 19.1. The molecule has 0 spiro atoms. The highest BCUT2D eigenvalue weighted by Gasteiger charge is 2.73. The van der Waals surface area contributed by atoms with Crippen molar-refractivity contribution in [3.8, 4) is 5.75 Å². The zero-order valence-corrected chi connectivity index (χ0v) is 23.7. The van der Waals surface area contributed by atoms with Gasteiger partial charge in [-0.25, -0.2) is 4.39 Å². The smallest absolute Gasteiger partial charge is 0.317 e. The van der Waals surface area contributed by atoms with Crippen LogP contribution in [0.5, 0.6) is 5.75 Å². The first-order chi connectivity index (χ1) is 21.3. The lowest BCUT2D eigenvalue weighted by molar-refractivity contribution is -0.549. The van der Waals surface area contributed by atoms with Gasteiger partial charge in [0, 0.05) is 28.6 Å². The maximum Gasteiger partial charge on any atom is 0.317 e. The van der Waals surface area contributed by atoms with E-state index in [1.807, 2.05) is 0 Å². The topological polar surface area (TPSA) is 270 Å². The molecule has 5 rings (SSSR count). The first-order valence-corrected chi connectivity index (χ1v) is 13.2. The normalized spacial score (nSPS) is 28.9. The van der Waals surface area contributed by atoms with E-state index in [0.29, 0.717) is 4.90 Å². The standard InChI is InChI=1S/C25H22B4FN3O14/c26-19(17(35)31-18(36)20(37,38)21(19,39)40)32-8-13-12(16(32)34)2-1-3-15(13)46-9-11-5-4-10(6-14(11)30)7-33-22(27,28)24(42,43)47-25(44,45)23(33,29)41/h1-6,37-45H,7-9H2,(H,31,35,36). The minimum Gasteiger partial charge on any atom is -0.488 e. The van der Waals surface area contributed by atoms with E-state index in [4.69, 9.17) is 36.1 Å². The number of morpholine rings is 1. The summed E-state index contributed by atoms with van der Waals surface area (Å²) >= 11 is 0. The van der Waals surface area contributed by atoms with Crippen molar-refractivity contribution in [2.45, 2.75) is 59.6 Å². The molecule has 47 heavy (non-hydrogen) atoms. The number of piperidine rings is 1. The van der Waals surface area contributed by atoms with E-state index in [0.717, 1.165) is 6.07 Å². The molecule has 2 saturated heterocycles. The summed E-state index contributed by atoms with van der Waals surface area (Å²) in [6.07, 6.45) is 0. The van der Waals surface area contributed by atoms with Crippen molar-refractivity contribution in [3.05, 3.63) is 64.5 Å². The molecule has 0 saturated carbocycles. The van der Waals surface area contributed by atoms with Crippen molar-refractivity contribution in [1.29, 1.82) is 0 Å². The van der Waals surface area contributed by atoms with Gasteiger partial charge in [0.1, 0.15) is 39.3 Å². The van der Waals surface area contributed by atoms with Crippen molar-refractivity contribution >= 4 is 49.1 Å². The predicted molar refractivity (Wildman–Crippen MR) is 149 cm³/mol. The zero-order chi connectivity index (χ0) is 35.3. The van der Waals surface area contributed by atoms with Gasteiger partial charge in [-0.15, -0.1) is 0 Å². The highest BCUT2D eigenvalue weighted by Crippen LogP contribution is 2.43. The zero-order valence-electron chi connectivity index (χ0n) is 23.7. The monoisotopic (exact) mass is 651 g/mol. The Balaban J connectivity index is 1.37. The number of halogens is 1. The van der Waals surface area contributed by atoms with E-state index in [2.05, 4.69) is 4.74 Å². The van der Waals surface area contributed by atoms with Crippen LogP contribution in [0.3, 0.4) is 0 Å². The lowest BCUT2D eigenvalue weighted by atomic mass is 9.55. The number of carbonyl (C=O) groups is 3. The van der Waals surface area contributed by atoms with E-state index in [9.17, 15) is 60.3 Å². The van der Waals surface area contributed by atoms with Crippen LogP contribution in [0.25, 0.3) is 0 Å². The molecule has 3 aliphatic rings. The van der Waals surface area contributed by atoms with Crippen LogP contribution < -0.4 is 10.1 Å². The fourth-order valence-corrected chi connectivity index (χ4v) is 5.29. The van der Waals surface area contributed by atoms with Crippen LogP contribution >= 0.6 is 0 Å². The fourth-order valence-electron chi connectivity index (χ4n) is 5.29. The lowest BCUT2D eigenvalue weighted by Gasteiger charge is -2.61. The minimum atomic E-state index is -4.09. The van der Waals surface area contributed by atoms with E-state index >= 15 is 4.39 Å². The summed E-state index contributed by atoms with van der Waals surface area (Å²) in [5, 5.41) is 89.9. The number of fused-ring (bicyclic) bond motifs is 1. The molecule has 2 atom stereocenters. The SMILES string of the molecule is [B]C1([B])N(Cc2ccc(COc3cccc4c3CN(C3([B])C(=O)NC(=O)C(O)(O)C3(O)O)C4=O)c(F)c2)C([B])(O)C(O)(O)OC1(O)O. The number of ether oxygens (including phenoxy) is 2. The van der Waals surface area contributed by atoms with Crippen molar-refractivity contribution < 1.29 is 74.2 Å². The van der Waals surface area contributed by atoms with Gasteiger partial charge in [-0.05, 0) is 23.8 Å². The lowest BCUT2D eigenvalue weighted by Crippen LogP contribution is -2.86. The van der Waals surface area contributed by atoms with Crippen LogP contribution in [-0.2, 0) is 34.0 Å². The molecule has 0 aromatic heterocycles. The predicted octanol–water partition coefficient (Wildman–Crippen LogP) is -6.84. The Kier molecular flexibility index (Phi) is 7.84. The van der Waals surface area contributed by atoms with Crippen LogP contribution in [0.4, 0.5) is 4.39 Å². The van der Waals surface area contributed by atoms with Gasteiger partial charge in [0.05, 0.1) is 22.2 Å². The number of rotatable bonds is 6. The summed E-state index contributed by atoms with van der Waals surface area (Å²) < 4.78 is 25.0. The molecule has 3 amide bonds. The van der Waals surface area contributed by atoms with Crippen molar-refractivity contribution in [2.75, 3.05) is 0 Å². The summed E-state index contributed by atoms with van der Waals surface area (Å²) in [5.41, 5.74) is -7.06. The molecule has 3 heterocycles. The first kappa shape index (κ1) is 34.9. The fraction of sp³-hybridized carbons (Fsp3) is 0.400. The van der Waals surface area contributed by atoms with Gasteiger partial charge in [-0.2, -0.15) is 0 Å². The number of benzene rings is 2. The van der Waals surface area contributed by atoms with Crippen LogP contribution in [0.1, 0.15) is 27.0 Å². The van der Waals surface area contributed by atoms with Gasteiger partial charge in [-0.1, -0.05) is 18.2 Å². The summed E-state index contributed by atoms with van der Waals surface area (Å²) in [5.74, 6) is -21.3. The maximum absolute atomic E-state index is 15.2. The molecule has 10 N–H and O–H groups in total. The Bertz CT molecular complexity index is 1660. The number of imide groups is 1. The van der Waals surface area contributed by atoms with Crippen molar-refractivity contribution in [1.82, 2.24) is 15.1 Å². The molecule has 2 aromatic rings. The molecule has 2 unspecified atom stereocenters. The number of nitrogens with one attached hydrogen (secondary N) is 1. The van der Waals surface area contributed by atoms with E-state index < -0.39 is 83.2 Å². The number of aliphatic hydroxyl groups is 9. The summed E-state index contributed by atoms with van der Waals surface area (Å²) in [7, 11) is 22.7. The number of nitrogens with zero attached hydrogens (tertiary/aromatic N) is 2. The molecular weight excluding hydrogens is 629 g/mol. The molecule has 22 heteroatoms. The number of hydrogen-bond acceptors (Lipinski definition) is 15. The second kappa shape index (κ2) is 10.5. The Morgan fingerprint density at radius 2 is 1.53 bits per heavy atom. The Morgan fingerprint density at radius 3 is 2.15 bits per heavy atom. The third-order valence-electron chi connectivity index (χ3n) is 8.24. The summed E-state index contributed by atoms with van der Waals surface area (Å²) in [6, 6.07) is 7.14. The summed E-state index contributed by atoms with van der Waals surface area (Å²) in [4.78, 5) is 38.4. The van der Waals surface area contributed by atoms with Crippen molar-refractivity contribution in [3.63, 3.8) is 0 Å². The molecule has 2 fully saturated rings. The van der Waals surface area contributed by atoms with Crippen LogP contribution in [-0.4, -0.2) is 145 Å². The molecular formula is C25H22B4FN3O14. The Hall–Kier alpha value is -3.40. The third kappa shape index (κ3) is 4.83. The molecule has 8 radical (unpaired) electrons. The van der Waals surface area contributed by atoms with Gasteiger partial charge >= 0.3 is 11.8 Å². The molecule has 0 aliphatic carbocycles. The first-order valence-electron chi connectivity index (χ1n) is 13.2. The van der Waals surface area contributed by atoms with Gasteiger partial charge in [0.2, 0.25) is 5.91 Å². The molecule has 240 valence electrons. The third-order valence-corrected chi connectivity index (χ3v) is 8.24. The van der Waals surface area contributed by atoms with E-state index in [1.165, 1.54) is 35.6 Å². The maximum atomic E-state index is 15.2. The van der Waals surface area contributed by atoms with Gasteiger partial charge in [0.25, 0.3) is 23.6 Å². The van der Waals surface area contributed by atoms with E-state index in [-0.39, 0.29) is 32.9 Å². The number of amides is 3. The van der Waals surface area contributed by atoms with Crippen molar-refractivity contribution in [2.24, 2.45) is 0 Å². The molecule has 2 aromatic carbocycles. The molecule has 17 nitrogen and oxygen atoms in total. The summed E-state index contributed by atoms with van der Waals surface area (Å²) in [6.45, 7) is -2.01. The second-order valence-corrected chi connectivity index (χ2v) is 11.2. The minimum absolute atomic E-state index is 0.00564. The quantitative estimate of drug-likeness (QED) is 0.0791. The number of hydrogen-bond donors (Lipinski definition) is 10. The Labute approximate surface area is 268 Å². The highest BCUT2D eigenvalue weighted by molar-refractivity contribution is 6.41. The average molecular weight is 651 g/mol. The average Bonchev–Trinajstić information content (AvgIpc) is 3.29. The second-order valence-electron chi connectivity index (χ2n) is 11.2. The van der Waals surface area contributed by atoms with Crippen LogP contribution in [0.2, 0.25) is 0 Å². The van der Waals surface area contributed by atoms with Crippen LogP contribution in [0, 0.1) is 5.82 Å². The number of carbonyl (C=O) groups excluding carboxylic acids is 3. The molecule has 0 bridgehead atoms. The van der Waals surface area contributed by atoms with Gasteiger partial charge in [-0.3, -0.25) is 29.3 Å². The largest absolute Gasteiger partial charge is 0.488 e.